The molecule has 0 fully saturated rings. The SMILES string of the molecule is CC(C)(C)N1NCc2nc3[nH]ccc3cc21. The average molecular weight is 216 g/mol. The van der Waals surface area contributed by atoms with Crippen molar-refractivity contribution < 1.29 is 0 Å². The lowest BCUT2D eigenvalue weighted by molar-refractivity contribution is 0.457. The Morgan fingerprint density at radius 1 is 1.38 bits per heavy atom. The van der Waals surface area contributed by atoms with E-state index in [1.54, 1.807) is 0 Å². The number of aromatic nitrogens is 2. The molecule has 0 saturated heterocycles. The van der Waals surface area contributed by atoms with Gasteiger partial charge in [0, 0.05) is 17.1 Å². The number of hydrazine groups is 1. The molecule has 0 unspecified atom stereocenters. The van der Waals surface area contributed by atoms with Crippen LogP contribution in [0.2, 0.25) is 0 Å². The van der Waals surface area contributed by atoms with Gasteiger partial charge in [-0.1, -0.05) is 0 Å². The van der Waals surface area contributed by atoms with Crippen LogP contribution >= 0.6 is 0 Å². The van der Waals surface area contributed by atoms with E-state index in [9.17, 15) is 0 Å². The lowest BCUT2D eigenvalue weighted by Gasteiger charge is -2.33. The van der Waals surface area contributed by atoms with Crippen LogP contribution in [0.25, 0.3) is 11.0 Å². The Morgan fingerprint density at radius 2 is 2.19 bits per heavy atom. The van der Waals surface area contributed by atoms with E-state index in [4.69, 9.17) is 0 Å². The van der Waals surface area contributed by atoms with Crippen LogP contribution in [0.4, 0.5) is 5.69 Å². The van der Waals surface area contributed by atoms with Crippen LogP contribution < -0.4 is 10.4 Å². The Labute approximate surface area is 94.6 Å². The highest BCUT2D eigenvalue weighted by molar-refractivity contribution is 5.81. The number of nitrogens with one attached hydrogen (secondary N) is 2. The summed E-state index contributed by atoms with van der Waals surface area (Å²) in [6.07, 6.45) is 1.93. The first-order valence-electron chi connectivity index (χ1n) is 5.56. The lowest BCUT2D eigenvalue weighted by atomic mass is 10.1. The molecule has 4 nitrogen and oxygen atoms in total. The first-order chi connectivity index (χ1) is 7.55. The fourth-order valence-electron chi connectivity index (χ4n) is 2.17. The molecule has 0 saturated carbocycles. The molecule has 16 heavy (non-hydrogen) atoms. The van der Waals surface area contributed by atoms with Crippen LogP contribution in [0, 0.1) is 0 Å². The van der Waals surface area contributed by atoms with Crippen LogP contribution in [-0.4, -0.2) is 15.5 Å². The van der Waals surface area contributed by atoms with E-state index in [0.717, 1.165) is 23.3 Å². The number of pyridine rings is 1. The van der Waals surface area contributed by atoms with Crippen LogP contribution in [0.5, 0.6) is 0 Å². The van der Waals surface area contributed by atoms with E-state index in [0.29, 0.717) is 0 Å². The highest BCUT2D eigenvalue weighted by atomic mass is 15.6. The second-order valence-electron chi connectivity index (χ2n) is 5.21. The Balaban J connectivity index is 2.17. The summed E-state index contributed by atoms with van der Waals surface area (Å²) in [6, 6.07) is 4.25. The molecule has 0 spiro atoms. The number of rotatable bonds is 0. The van der Waals surface area contributed by atoms with E-state index in [1.807, 2.05) is 6.20 Å². The van der Waals surface area contributed by atoms with Crippen molar-refractivity contribution in [2.75, 3.05) is 5.01 Å². The summed E-state index contributed by atoms with van der Waals surface area (Å²) in [5.74, 6) is 0. The van der Waals surface area contributed by atoms with Gasteiger partial charge in [-0.15, -0.1) is 0 Å². The van der Waals surface area contributed by atoms with Gasteiger partial charge < -0.3 is 9.99 Å². The minimum absolute atomic E-state index is 0.0664. The first kappa shape index (κ1) is 9.66. The van der Waals surface area contributed by atoms with Gasteiger partial charge in [0.15, 0.2) is 0 Å². The zero-order valence-electron chi connectivity index (χ0n) is 9.83. The molecule has 0 radical (unpaired) electrons. The first-order valence-corrected chi connectivity index (χ1v) is 5.56. The van der Waals surface area contributed by atoms with Gasteiger partial charge in [0.25, 0.3) is 0 Å². The highest BCUT2D eigenvalue weighted by Crippen LogP contribution is 2.31. The number of aromatic amines is 1. The molecule has 4 heteroatoms. The van der Waals surface area contributed by atoms with Gasteiger partial charge in [-0.25, -0.2) is 10.4 Å². The van der Waals surface area contributed by atoms with Crippen LogP contribution in [-0.2, 0) is 6.54 Å². The molecular formula is C12H16N4. The predicted octanol–water partition coefficient (Wildman–Crippen LogP) is 2.19. The smallest absolute Gasteiger partial charge is 0.137 e. The Bertz CT molecular complexity index is 535. The Hall–Kier alpha value is -1.55. The largest absolute Gasteiger partial charge is 0.346 e. The van der Waals surface area contributed by atoms with E-state index >= 15 is 0 Å². The second kappa shape index (κ2) is 2.98. The molecule has 0 atom stereocenters. The molecule has 0 aromatic carbocycles. The molecule has 0 bridgehead atoms. The fourth-order valence-corrected chi connectivity index (χ4v) is 2.17. The van der Waals surface area contributed by atoms with Gasteiger partial charge in [0.1, 0.15) is 5.65 Å². The van der Waals surface area contributed by atoms with Crippen molar-refractivity contribution in [3.8, 4) is 0 Å². The molecule has 3 heterocycles. The van der Waals surface area contributed by atoms with Crippen LogP contribution in [0.1, 0.15) is 26.5 Å². The zero-order valence-corrected chi connectivity index (χ0v) is 9.83. The lowest BCUT2D eigenvalue weighted by Crippen LogP contribution is -2.47. The number of anilines is 1. The summed E-state index contributed by atoms with van der Waals surface area (Å²) in [4.78, 5) is 7.77. The van der Waals surface area contributed by atoms with Crippen LogP contribution in [0.3, 0.4) is 0 Å². The van der Waals surface area contributed by atoms with Gasteiger partial charge >= 0.3 is 0 Å². The quantitative estimate of drug-likeness (QED) is 0.709. The monoisotopic (exact) mass is 216 g/mol. The molecule has 2 N–H and O–H groups in total. The third-order valence-corrected chi connectivity index (χ3v) is 2.91. The maximum Gasteiger partial charge on any atom is 0.137 e. The van der Waals surface area contributed by atoms with Gasteiger partial charge in [0.2, 0.25) is 0 Å². The summed E-state index contributed by atoms with van der Waals surface area (Å²) in [5, 5.41) is 3.36. The van der Waals surface area contributed by atoms with Crippen molar-refractivity contribution >= 4 is 16.7 Å². The number of nitrogens with zero attached hydrogens (tertiary/aromatic N) is 2. The van der Waals surface area contributed by atoms with Crippen molar-refractivity contribution in [2.24, 2.45) is 0 Å². The predicted molar refractivity (Wildman–Crippen MR) is 65.2 cm³/mol. The third kappa shape index (κ3) is 1.30. The van der Waals surface area contributed by atoms with Crippen molar-refractivity contribution in [2.45, 2.75) is 32.9 Å². The Kier molecular flexibility index (Phi) is 1.80. The molecule has 1 aliphatic heterocycles. The zero-order chi connectivity index (χ0) is 11.3. The minimum atomic E-state index is 0.0664. The highest BCUT2D eigenvalue weighted by Gasteiger charge is 2.29. The van der Waals surface area contributed by atoms with E-state index in [-0.39, 0.29) is 5.54 Å². The van der Waals surface area contributed by atoms with Gasteiger partial charge in [-0.05, 0) is 32.9 Å². The molecule has 2 aromatic heterocycles. The molecule has 2 aromatic rings. The summed E-state index contributed by atoms with van der Waals surface area (Å²) in [6.45, 7) is 7.38. The summed E-state index contributed by atoms with van der Waals surface area (Å²) in [5.41, 5.74) is 6.73. The summed E-state index contributed by atoms with van der Waals surface area (Å²) >= 11 is 0. The fraction of sp³-hybridized carbons (Fsp3) is 0.417. The molecule has 0 amide bonds. The van der Waals surface area contributed by atoms with Gasteiger partial charge in [-0.3, -0.25) is 0 Å². The summed E-state index contributed by atoms with van der Waals surface area (Å²) in [7, 11) is 0. The topological polar surface area (TPSA) is 44.0 Å². The summed E-state index contributed by atoms with van der Waals surface area (Å²) < 4.78 is 0. The minimum Gasteiger partial charge on any atom is -0.346 e. The molecule has 3 rings (SSSR count). The van der Waals surface area contributed by atoms with Crippen molar-refractivity contribution in [3.05, 3.63) is 24.0 Å². The van der Waals surface area contributed by atoms with Crippen LogP contribution in [0.15, 0.2) is 18.3 Å². The van der Waals surface area contributed by atoms with E-state index in [2.05, 4.69) is 53.3 Å². The maximum atomic E-state index is 4.62. The van der Waals surface area contributed by atoms with Crippen molar-refractivity contribution in [1.29, 1.82) is 0 Å². The van der Waals surface area contributed by atoms with Gasteiger partial charge in [-0.2, -0.15) is 0 Å². The number of hydrogen-bond donors (Lipinski definition) is 2. The average Bonchev–Trinajstić information content (AvgIpc) is 2.76. The number of hydrogen-bond acceptors (Lipinski definition) is 3. The number of fused-ring (bicyclic) bond motifs is 2. The second-order valence-corrected chi connectivity index (χ2v) is 5.21. The molecular weight excluding hydrogens is 200 g/mol. The van der Waals surface area contributed by atoms with Crippen molar-refractivity contribution in [3.63, 3.8) is 0 Å². The van der Waals surface area contributed by atoms with E-state index in [1.165, 1.54) is 5.69 Å². The molecule has 1 aliphatic rings. The van der Waals surface area contributed by atoms with Gasteiger partial charge in [0.05, 0.1) is 17.9 Å². The standard InChI is InChI=1S/C12H16N4/c1-12(2,3)16-10-6-8-4-5-13-11(8)15-9(10)7-14-16/h4-6,14H,7H2,1-3H3,(H,13,15). The van der Waals surface area contributed by atoms with Crippen molar-refractivity contribution in [1.82, 2.24) is 15.4 Å². The third-order valence-electron chi connectivity index (χ3n) is 2.91. The molecule has 0 aliphatic carbocycles. The molecule has 84 valence electrons. The Morgan fingerprint density at radius 3 is 2.94 bits per heavy atom. The normalized spacial score (nSPS) is 15.8. The maximum absolute atomic E-state index is 4.62. The van der Waals surface area contributed by atoms with E-state index < -0.39 is 0 Å². The number of H-pyrrole nitrogens is 1.